The van der Waals surface area contributed by atoms with Gasteiger partial charge in [-0.05, 0) is 18.2 Å². The van der Waals surface area contributed by atoms with Crippen molar-refractivity contribution in [3.8, 4) is 11.3 Å². The van der Waals surface area contributed by atoms with E-state index in [1.54, 1.807) is 4.90 Å². The van der Waals surface area contributed by atoms with Gasteiger partial charge in [0, 0.05) is 47.8 Å². The molecule has 0 bridgehead atoms. The van der Waals surface area contributed by atoms with Crippen LogP contribution in [0.5, 0.6) is 0 Å². The Balaban J connectivity index is 1.32. The predicted molar refractivity (Wildman–Crippen MR) is 122 cm³/mol. The molecule has 2 amide bonds. The van der Waals surface area contributed by atoms with Gasteiger partial charge in [-0.2, -0.15) is 0 Å². The highest BCUT2D eigenvalue weighted by Crippen LogP contribution is 2.27. The first-order chi connectivity index (χ1) is 15.0. The molecule has 2 heterocycles. The normalized spacial score (nSPS) is 15.8. The molecule has 1 unspecified atom stereocenters. The van der Waals surface area contributed by atoms with Crippen molar-refractivity contribution < 1.29 is 9.59 Å². The lowest BCUT2D eigenvalue weighted by atomic mass is 10.1. The summed E-state index contributed by atoms with van der Waals surface area (Å²) >= 11 is 3.40. The Hall–Kier alpha value is -3.26. The molecule has 2 aromatic carbocycles. The first-order valence-corrected chi connectivity index (χ1v) is 10.8. The molecule has 0 spiro atoms. The Bertz CT molecular complexity index is 1160. The van der Waals surface area contributed by atoms with E-state index in [0.717, 1.165) is 15.7 Å². The maximum atomic E-state index is 12.5. The molecule has 1 atom stereocenters. The molecule has 0 radical (unpaired) electrons. The van der Waals surface area contributed by atoms with Gasteiger partial charge in [0.1, 0.15) is 0 Å². The van der Waals surface area contributed by atoms with E-state index in [1.807, 2.05) is 54.6 Å². The predicted octanol–water partition coefficient (Wildman–Crippen LogP) is 2.84. The van der Waals surface area contributed by atoms with Gasteiger partial charge in [-0.25, -0.2) is 4.98 Å². The largest absolute Gasteiger partial charge is 0.354 e. The number of hydrogen-bond donors (Lipinski definition) is 1. The number of carbonyl (C=O) groups excluding carboxylic acids is 2. The second kappa shape index (κ2) is 9.26. The number of carbonyl (C=O) groups is 2. The van der Waals surface area contributed by atoms with Gasteiger partial charge in [0.05, 0.1) is 17.9 Å². The Morgan fingerprint density at radius 2 is 1.90 bits per heavy atom. The lowest BCUT2D eigenvalue weighted by Gasteiger charge is -2.17. The van der Waals surface area contributed by atoms with Crippen LogP contribution in [0.1, 0.15) is 6.42 Å². The highest BCUT2D eigenvalue weighted by atomic mass is 79.9. The van der Waals surface area contributed by atoms with Gasteiger partial charge in [0.25, 0.3) is 5.56 Å². The number of rotatable bonds is 6. The summed E-state index contributed by atoms with van der Waals surface area (Å²) in [4.78, 5) is 43.3. The molecule has 158 valence electrons. The molecule has 31 heavy (non-hydrogen) atoms. The van der Waals surface area contributed by atoms with Crippen molar-refractivity contribution in [1.29, 1.82) is 0 Å². The Kier molecular flexibility index (Phi) is 6.27. The fraction of sp³-hybridized carbons (Fsp3) is 0.217. The van der Waals surface area contributed by atoms with Crippen LogP contribution in [-0.4, -0.2) is 34.5 Å². The number of benzene rings is 2. The summed E-state index contributed by atoms with van der Waals surface area (Å²) in [6.45, 7) is 0.934. The topological polar surface area (TPSA) is 84.3 Å². The molecule has 0 saturated carbocycles. The number of nitrogens with zero attached hydrogens (tertiary/aromatic N) is 3. The number of hydrogen-bond acceptors (Lipinski definition) is 4. The molecule has 8 heteroatoms. The Labute approximate surface area is 187 Å². The average Bonchev–Trinajstić information content (AvgIpc) is 3.17. The van der Waals surface area contributed by atoms with Crippen molar-refractivity contribution in [3.63, 3.8) is 0 Å². The highest BCUT2D eigenvalue weighted by Gasteiger charge is 2.35. The van der Waals surface area contributed by atoms with Gasteiger partial charge in [0.15, 0.2) is 0 Å². The molecule has 1 N–H and O–H groups in total. The van der Waals surface area contributed by atoms with Gasteiger partial charge < -0.3 is 10.2 Å². The number of anilines is 1. The second-order valence-electron chi connectivity index (χ2n) is 7.35. The van der Waals surface area contributed by atoms with E-state index in [-0.39, 0.29) is 30.3 Å². The molecule has 1 saturated heterocycles. The van der Waals surface area contributed by atoms with Crippen molar-refractivity contribution in [2.45, 2.75) is 13.0 Å². The number of amides is 2. The summed E-state index contributed by atoms with van der Waals surface area (Å²) in [7, 11) is 0. The maximum absolute atomic E-state index is 12.5. The number of halogens is 1. The lowest BCUT2D eigenvalue weighted by Crippen LogP contribution is -2.36. The molecule has 1 aromatic heterocycles. The van der Waals surface area contributed by atoms with E-state index in [4.69, 9.17) is 0 Å². The summed E-state index contributed by atoms with van der Waals surface area (Å²) < 4.78 is 2.34. The highest BCUT2D eigenvalue weighted by molar-refractivity contribution is 9.10. The van der Waals surface area contributed by atoms with E-state index in [1.165, 1.54) is 17.0 Å². The summed E-state index contributed by atoms with van der Waals surface area (Å²) in [6.07, 6.45) is 1.66. The van der Waals surface area contributed by atoms with E-state index in [2.05, 4.69) is 26.2 Å². The fourth-order valence-corrected chi connectivity index (χ4v) is 3.97. The second-order valence-corrected chi connectivity index (χ2v) is 8.26. The van der Waals surface area contributed by atoms with Crippen LogP contribution < -0.4 is 15.8 Å². The van der Waals surface area contributed by atoms with Crippen LogP contribution in [0.4, 0.5) is 5.69 Å². The standard InChI is InChI=1S/C23H21BrN4O3/c24-18-7-4-8-19(12-18)28-14-17(11-22(28)30)23(31)25-9-10-27-15-26-20(13-21(27)29)16-5-2-1-3-6-16/h1-8,12-13,15,17H,9-11,14H2,(H,25,31). The molecule has 1 aliphatic heterocycles. The maximum Gasteiger partial charge on any atom is 0.253 e. The monoisotopic (exact) mass is 480 g/mol. The molecule has 7 nitrogen and oxygen atoms in total. The number of aromatic nitrogens is 2. The molecular weight excluding hydrogens is 460 g/mol. The Morgan fingerprint density at radius 3 is 2.65 bits per heavy atom. The third-order valence-corrected chi connectivity index (χ3v) is 5.71. The van der Waals surface area contributed by atoms with Crippen LogP contribution in [0.25, 0.3) is 11.3 Å². The first kappa shape index (κ1) is 21.0. The van der Waals surface area contributed by atoms with Crippen molar-refractivity contribution in [3.05, 3.63) is 81.8 Å². The van der Waals surface area contributed by atoms with Crippen LogP contribution in [0, 0.1) is 5.92 Å². The summed E-state index contributed by atoms with van der Waals surface area (Å²) in [6, 6.07) is 18.4. The molecule has 4 rings (SSSR count). The zero-order valence-corrected chi connectivity index (χ0v) is 18.3. The average molecular weight is 481 g/mol. The first-order valence-electron chi connectivity index (χ1n) is 9.97. The molecule has 1 fully saturated rings. The summed E-state index contributed by atoms with van der Waals surface area (Å²) in [5.41, 5.74) is 2.08. The lowest BCUT2D eigenvalue weighted by molar-refractivity contribution is -0.126. The van der Waals surface area contributed by atoms with Gasteiger partial charge in [-0.15, -0.1) is 0 Å². The van der Waals surface area contributed by atoms with Crippen molar-refractivity contribution in [2.24, 2.45) is 5.92 Å². The SMILES string of the molecule is O=C(NCCn1cnc(-c2ccccc2)cc1=O)C1CC(=O)N(c2cccc(Br)c2)C1. The molecule has 3 aromatic rings. The van der Waals surface area contributed by atoms with Crippen LogP contribution >= 0.6 is 15.9 Å². The van der Waals surface area contributed by atoms with E-state index in [0.29, 0.717) is 18.8 Å². The van der Waals surface area contributed by atoms with Crippen LogP contribution in [0.3, 0.4) is 0 Å². The van der Waals surface area contributed by atoms with Crippen molar-refractivity contribution in [1.82, 2.24) is 14.9 Å². The zero-order valence-electron chi connectivity index (χ0n) is 16.7. The minimum atomic E-state index is -0.415. The van der Waals surface area contributed by atoms with Gasteiger partial charge >= 0.3 is 0 Å². The Morgan fingerprint density at radius 1 is 1.10 bits per heavy atom. The number of nitrogens with one attached hydrogen (secondary N) is 1. The summed E-state index contributed by atoms with van der Waals surface area (Å²) in [5.74, 6) is -0.676. The van der Waals surface area contributed by atoms with Crippen LogP contribution in [0.15, 0.2) is 76.3 Å². The van der Waals surface area contributed by atoms with E-state index >= 15 is 0 Å². The zero-order chi connectivity index (χ0) is 21.8. The molecular formula is C23H21BrN4O3. The fourth-order valence-electron chi connectivity index (χ4n) is 3.58. The van der Waals surface area contributed by atoms with Crippen molar-refractivity contribution >= 4 is 33.4 Å². The minimum absolute atomic E-state index is 0.0739. The van der Waals surface area contributed by atoms with Gasteiger partial charge in [-0.1, -0.05) is 52.3 Å². The van der Waals surface area contributed by atoms with Crippen LogP contribution in [-0.2, 0) is 16.1 Å². The minimum Gasteiger partial charge on any atom is -0.354 e. The quantitative estimate of drug-likeness (QED) is 0.587. The third kappa shape index (κ3) is 4.91. The smallest absolute Gasteiger partial charge is 0.253 e. The third-order valence-electron chi connectivity index (χ3n) is 5.22. The van der Waals surface area contributed by atoms with E-state index in [9.17, 15) is 14.4 Å². The van der Waals surface area contributed by atoms with Crippen molar-refractivity contribution in [2.75, 3.05) is 18.0 Å². The van der Waals surface area contributed by atoms with E-state index < -0.39 is 5.92 Å². The molecule has 1 aliphatic rings. The van der Waals surface area contributed by atoms with Gasteiger partial charge in [-0.3, -0.25) is 19.0 Å². The van der Waals surface area contributed by atoms with Crippen LogP contribution in [0.2, 0.25) is 0 Å². The molecule has 0 aliphatic carbocycles. The van der Waals surface area contributed by atoms with Gasteiger partial charge in [0.2, 0.25) is 11.8 Å². The summed E-state index contributed by atoms with van der Waals surface area (Å²) in [5, 5.41) is 2.84.